The summed E-state index contributed by atoms with van der Waals surface area (Å²) in [7, 11) is 1.45. The van der Waals surface area contributed by atoms with Gasteiger partial charge in [0.15, 0.2) is 0 Å². The third-order valence-electron chi connectivity index (χ3n) is 5.98. The summed E-state index contributed by atoms with van der Waals surface area (Å²) in [6, 6.07) is 6.20. The average molecular weight is 477 g/mol. The lowest BCUT2D eigenvalue weighted by Gasteiger charge is -2.10. The third kappa shape index (κ3) is 14.6. The maximum absolute atomic E-state index is 12.0. The van der Waals surface area contributed by atoms with Crippen LogP contribution in [0.1, 0.15) is 107 Å². The normalized spacial score (nSPS) is 11.6. The van der Waals surface area contributed by atoms with Crippen LogP contribution in [0.5, 0.6) is 0 Å². The average Bonchev–Trinajstić information content (AvgIpc) is 2.83. The number of hydrogen-bond acceptors (Lipinski definition) is 5. The van der Waals surface area contributed by atoms with Crippen molar-refractivity contribution in [1.82, 2.24) is 5.32 Å². The highest BCUT2D eigenvalue weighted by molar-refractivity contribution is 5.96. The van der Waals surface area contributed by atoms with Crippen molar-refractivity contribution in [3.63, 3.8) is 0 Å². The van der Waals surface area contributed by atoms with Gasteiger partial charge in [-0.05, 0) is 44.0 Å². The first-order valence-corrected chi connectivity index (χ1v) is 12.9. The Morgan fingerprint density at radius 3 is 1.74 bits per heavy atom. The predicted molar refractivity (Wildman–Crippen MR) is 136 cm³/mol. The minimum absolute atomic E-state index is 0.0970. The van der Waals surface area contributed by atoms with Crippen molar-refractivity contribution in [2.75, 3.05) is 19.0 Å². The summed E-state index contributed by atoms with van der Waals surface area (Å²) in [6.45, 7) is 2.35. The van der Waals surface area contributed by atoms with Crippen LogP contribution in [0.15, 0.2) is 24.3 Å². The van der Waals surface area contributed by atoms with Gasteiger partial charge in [0.25, 0.3) is 5.91 Å². The molecular weight excluding hydrogens is 432 g/mol. The van der Waals surface area contributed by atoms with Gasteiger partial charge in [0.1, 0.15) is 6.04 Å². The Hall–Kier alpha value is -2.57. The van der Waals surface area contributed by atoms with Crippen LogP contribution in [-0.2, 0) is 14.3 Å². The summed E-state index contributed by atoms with van der Waals surface area (Å²) < 4.78 is 4.65. The fourth-order valence-corrected chi connectivity index (χ4v) is 3.75. The molecule has 0 aliphatic rings. The van der Waals surface area contributed by atoms with Crippen LogP contribution in [0.25, 0.3) is 0 Å². The van der Waals surface area contributed by atoms with Gasteiger partial charge in [-0.3, -0.25) is 14.4 Å². The number of carboxylic acids is 1. The molecule has 34 heavy (non-hydrogen) atoms. The maximum atomic E-state index is 12.0. The molecule has 1 rings (SSSR count). The summed E-state index contributed by atoms with van der Waals surface area (Å²) in [5.41, 5.74) is 1.42. The summed E-state index contributed by atoms with van der Waals surface area (Å²) in [6.07, 6.45) is 16.6. The molecule has 0 aliphatic carbocycles. The lowest BCUT2D eigenvalue weighted by molar-refractivity contribution is -0.141. The number of carbonyl (C=O) groups is 3. The Kier molecular flexibility index (Phi) is 16.3. The third-order valence-corrected chi connectivity index (χ3v) is 5.98. The molecule has 192 valence electrons. The zero-order valence-corrected chi connectivity index (χ0v) is 21.1. The first kappa shape index (κ1) is 29.5. The van der Waals surface area contributed by atoms with Gasteiger partial charge in [-0.15, -0.1) is 0 Å². The van der Waals surface area contributed by atoms with Crippen LogP contribution in [0.3, 0.4) is 0 Å². The van der Waals surface area contributed by atoms with E-state index in [-0.39, 0.29) is 11.9 Å². The lowest BCUT2D eigenvalue weighted by atomic mass is 10.0. The van der Waals surface area contributed by atoms with Gasteiger partial charge in [-0.25, -0.2) is 0 Å². The van der Waals surface area contributed by atoms with E-state index in [1.54, 1.807) is 12.1 Å². The number of methoxy groups -OCH3 is 1. The van der Waals surface area contributed by atoms with Gasteiger partial charge in [-0.1, -0.05) is 70.6 Å². The van der Waals surface area contributed by atoms with E-state index in [0.29, 0.717) is 12.0 Å². The van der Waals surface area contributed by atoms with Gasteiger partial charge >= 0.3 is 11.9 Å². The molecular formula is C27H44N2O5. The molecule has 7 nitrogen and oxygen atoms in total. The number of carbonyl (C=O) groups excluding carboxylic acids is 2. The molecule has 0 spiro atoms. The number of aliphatic carboxylic acids is 1. The second-order valence-corrected chi connectivity index (χ2v) is 8.96. The Bertz CT molecular complexity index is 705. The molecule has 0 aliphatic heterocycles. The molecule has 0 radical (unpaired) electrons. The highest BCUT2D eigenvalue weighted by atomic mass is 16.5. The van der Waals surface area contributed by atoms with Gasteiger partial charge in [0.2, 0.25) is 0 Å². The fourth-order valence-electron chi connectivity index (χ4n) is 3.75. The van der Waals surface area contributed by atoms with E-state index in [0.717, 1.165) is 31.5 Å². The SMILES string of the molecule is COC(=O)CCCCCCCCCCCCCCCNc1ccc(C(=O)N[C@@H](C)C(=O)O)cc1. The first-order chi connectivity index (χ1) is 16.4. The number of benzene rings is 1. The Morgan fingerprint density at radius 1 is 0.794 bits per heavy atom. The minimum Gasteiger partial charge on any atom is -0.480 e. The fraction of sp³-hybridized carbons (Fsp3) is 0.667. The van der Waals surface area contributed by atoms with Crippen LogP contribution >= 0.6 is 0 Å². The van der Waals surface area contributed by atoms with Gasteiger partial charge in [0, 0.05) is 24.2 Å². The smallest absolute Gasteiger partial charge is 0.325 e. The number of nitrogens with one attached hydrogen (secondary N) is 2. The number of amides is 1. The minimum atomic E-state index is -1.05. The molecule has 0 heterocycles. The van der Waals surface area contributed by atoms with E-state index in [1.165, 1.54) is 78.2 Å². The van der Waals surface area contributed by atoms with Crippen LogP contribution in [-0.4, -0.2) is 42.6 Å². The number of hydrogen-bond donors (Lipinski definition) is 3. The number of ether oxygens (including phenoxy) is 1. The summed E-state index contributed by atoms with van der Waals surface area (Å²) in [5, 5.41) is 14.7. The molecule has 1 atom stereocenters. The zero-order valence-electron chi connectivity index (χ0n) is 21.1. The van der Waals surface area contributed by atoms with Gasteiger partial charge < -0.3 is 20.5 Å². The van der Waals surface area contributed by atoms with Gasteiger partial charge in [-0.2, -0.15) is 0 Å². The number of anilines is 1. The van der Waals surface area contributed by atoms with Crippen LogP contribution in [0, 0.1) is 0 Å². The highest BCUT2D eigenvalue weighted by Gasteiger charge is 2.14. The van der Waals surface area contributed by atoms with E-state index in [4.69, 9.17) is 5.11 Å². The van der Waals surface area contributed by atoms with E-state index in [2.05, 4.69) is 15.4 Å². The van der Waals surface area contributed by atoms with Crippen molar-refractivity contribution in [3.05, 3.63) is 29.8 Å². The summed E-state index contributed by atoms with van der Waals surface area (Å²) >= 11 is 0. The zero-order chi connectivity index (χ0) is 25.0. The van der Waals surface area contributed by atoms with Crippen molar-refractivity contribution < 1.29 is 24.2 Å². The van der Waals surface area contributed by atoms with Crippen molar-refractivity contribution >= 4 is 23.5 Å². The van der Waals surface area contributed by atoms with E-state index in [9.17, 15) is 14.4 Å². The van der Waals surface area contributed by atoms with Crippen LogP contribution in [0.4, 0.5) is 5.69 Å². The molecule has 3 N–H and O–H groups in total. The molecule has 1 aromatic carbocycles. The van der Waals surface area contributed by atoms with Crippen molar-refractivity contribution in [2.24, 2.45) is 0 Å². The van der Waals surface area contributed by atoms with E-state index < -0.39 is 12.0 Å². The Labute approximate surface area is 205 Å². The molecule has 1 aromatic rings. The number of esters is 1. The molecule has 0 saturated carbocycles. The standard InChI is InChI=1S/C27H44N2O5/c1-22(27(32)33)29-26(31)23-17-19-24(20-18-23)28-21-15-13-11-9-7-5-3-4-6-8-10-12-14-16-25(30)34-2/h17-20,22,28H,3-16,21H2,1-2H3,(H,29,31)(H,32,33)/t22-/m0/s1. The summed E-state index contributed by atoms with van der Waals surface area (Å²) in [4.78, 5) is 33.8. The molecule has 1 amide bonds. The topological polar surface area (TPSA) is 105 Å². The van der Waals surface area contributed by atoms with Crippen LogP contribution < -0.4 is 10.6 Å². The Morgan fingerprint density at radius 2 is 1.26 bits per heavy atom. The monoisotopic (exact) mass is 476 g/mol. The highest BCUT2D eigenvalue weighted by Crippen LogP contribution is 2.14. The molecule has 0 bridgehead atoms. The summed E-state index contributed by atoms with van der Waals surface area (Å²) in [5.74, 6) is -1.53. The van der Waals surface area contributed by atoms with Crippen molar-refractivity contribution in [3.8, 4) is 0 Å². The first-order valence-electron chi connectivity index (χ1n) is 12.9. The second-order valence-electron chi connectivity index (χ2n) is 8.96. The van der Waals surface area contributed by atoms with Crippen molar-refractivity contribution in [2.45, 2.75) is 103 Å². The van der Waals surface area contributed by atoms with E-state index in [1.807, 2.05) is 12.1 Å². The van der Waals surface area contributed by atoms with Crippen molar-refractivity contribution in [1.29, 1.82) is 0 Å². The lowest BCUT2D eigenvalue weighted by Crippen LogP contribution is -2.38. The molecule has 0 saturated heterocycles. The van der Waals surface area contributed by atoms with Gasteiger partial charge in [0.05, 0.1) is 7.11 Å². The quantitative estimate of drug-likeness (QED) is 0.159. The van der Waals surface area contributed by atoms with E-state index >= 15 is 0 Å². The Balaban J connectivity index is 1.92. The largest absolute Gasteiger partial charge is 0.480 e. The molecule has 7 heteroatoms. The number of rotatable bonds is 20. The molecule has 0 aromatic heterocycles. The second kappa shape index (κ2) is 18.8. The predicted octanol–water partition coefficient (Wildman–Crippen LogP) is 5.94. The molecule has 0 unspecified atom stereocenters. The number of carboxylic acid groups (broad SMARTS) is 1. The van der Waals surface area contributed by atoms with Crippen LogP contribution in [0.2, 0.25) is 0 Å². The maximum Gasteiger partial charge on any atom is 0.325 e. The molecule has 0 fully saturated rings. The number of unbranched alkanes of at least 4 members (excludes halogenated alkanes) is 12.